The van der Waals surface area contributed by atoms with E-state index in [9.17, 15) is 4.79 Å². The summed E-state index contributed by atoms with van der Waals surface area (Å²) in [4.78, 5) is 26.0. The Balaban J connectivity index is 1.41. The minimum absolute atomic E-state index is 0.105. The molecule has 1 saturated heterocycles. The molecule has 1 aliphatic heterocycles. The second kappa shape index (κ2) is 6.63. The predicted molar refractivity (Wildman–Crippen MR) is 99.5 cm³/mol. The molecule has 5 rings (SSSR count). The van der Waals surface area contributed by atoms with Gasteiger partial charge in [0, 0.05) is 25.2 Å². The Bertz CT molecular complexity index is 1120. The summed E-state index contributed by atoms with van der Waals surface area (Å²) in [5.74, 6) is 1.30. The van der Waals surface area contributed by atoms with Gasteiger partial charge in [0.25, 0.3) is 0 Å². The van der Waals surface area contributed by atoms with Gasteiger partial charge in [-0.25, -0.2) is 14.8 Å². The Morgan fingerprint density at radius 1 is 1.36 bits per heavy atom. The fraction of sp³-hybridized carbons (Fsp3) is 0.389. The third kappa shape index (κ3) is 2.68. The van der Waals surface area contributed by atoms with E-state index in [0.29, 0.717) is 36.9 Å². The number of carbonyl (C=O) groups excluding carboxylic acids is 1. The zero-order valence-electron chi connectivity index (χ0n) is 15.4. The second-order valence-electron chi connectivity index (χ2n) is 7.04. The zero-order chi connectivity index (χ0) is 19.1. The monoisotopic (exact) mass is 380 g/mol. The van der Waals surface area contributed by atoms with Crippen LogP contribution in [0.1, 0.15) is 30.8 Å². The number of rotatable bonds is 4. The molecule has 0 aromatic carbocycles. The molecule has 2 N–H and O–H groups in total. The zero-order valence-corrected chi connectivity index (χ0v) is 15.4. The highest BCUT2D eigenvalue weighted by Gasteiger charge is 2.38. The van der Waals surface area contributed by atoms with E-state index in [1.165, 1.54) is 12.7 Å². The standard InChI is InChI=1S/C18H20N8O2/c1-2-11-7-25(18(27)21-5-12-9-28-10-22-12)8-13(11)17-24-23-15-6-20-16-14(26(15)17)3-4-19-16/h3-4,6,9-11,13,19H,2,5,7-8H2,1H3,(H,21,27). The lowest BCUT2D eigenvalue weighted by molar-refractivity contribution is 0.206. The van der Waals surface area contributed by atoms with Crippen LogP contribution in [0.3, 0.4) is 0 Å². The molecule has 1 fully saturated rings. The van der Waals surface area contributed by atoms with Gasteiger partial charge in [0.2, 0.25) is 0 Å². The summed E-state index contributed by atoms with van der Waals surface area (Å²) in [6.07, 6.45) is 7.41. The third-order valence-corrected chi connectivity index (χ3v) is 5.46. The van der Waals surface area contributed by atoms with E-state index >= 15 is 0 Å². The summed E-state index contributed by atoms with van der Waals surface area (Å²) in [6, 6.07) is 1.87. The van der Waals surface area contributed by atoms with Crippen molar-refractivity contribution in [2.45, 2.75) is 25.8 Å². The normalized spacial score (nSPS) is 19.7. The maximum Gasteiger partial charge on any atom is 0.317 e. The number of carbonyl (C=O) groups is 1. The quantitative estimate of drug-likeness (QED) is 0.559. The fourth-order valence-electron chi connectivity index (χ4n) is 3.98. The number of amides is 2. The molecule has 5 heterocycles. The van der Waals surface area contributed by atoms with E-state index in [1.807, 2.05) is 21.6 Å². The molecular formula is C18H20N8O2. The van der Waals surface area contributed by atoms with Gasteiger partial charge in [-0.05, 0) is 12.0 Å². The topological polar surface area (TPSA) is 117 Å². The Kier molecular flexibility index (Phi) is 3.96. The van der Waals surface area contributed by atoms with Crippen LogP contribution >= 0.6 is 0 Å². The molecule has 0 spiro atoms. The lowest BCUT2D eigenvalue weighted by Crippen LogP contribution is -2.38. The predicted octanol–water partition coefficient (Wildman–Crippen LogP) is 1.93. The molecule has 4 aromatic rings. The fourth-order valence-corrected chi connectivity index (χ4v) is 3.98. The Morgan fingerprint density at radius 2 is 2.29 bits per heavy atom. The van der Waals surface area contributed by atoms with Gasteiger partial charge in [-0.2, -0.15) is 0 Å². The van der Waals surface area contributed by atoms with E-state index in [2.05, 4.69) is 37.4 Å². The number of nitrogens with zero attached hydrogens (tertiary/aromatic N) is 6. The molecular weight excluding hydrogens is 360 g/mol. The number of hydrogen-bond acceptors (Lipinski definition) is 6. The number of H-pyrrole nitrogens is 1. The van der Waals surface area contributed by atoms with Gasteiger partial charge < -0.3 is 19.6 Å². The van der Waals surface area contributed by atoms with Crippen molar-refractivity contribution < 1.29 is 9.21 Å². The molecule has 0 radical (unpaired) electrons. The first kappa shape index (κ1) is 16.7. The smallest absolute Gasteiger partial charge is 0.317 e. The van der Waals surface area contributed by atoms with Crippen LogP contribution < -0.4 is 5.32 Å². The Morgan fingerprint density at radius 3 is 3.11 bits per heavy atom. The summed E-state index contributed by atoms with van der Waals surface area (Å²) < 4.78 is 6.99. The lowest BCUT2D eigenvalue weighted by atomic mass is 9.93. The van der Waals surface area contributed by atoms with Crippen molar-refractivity contribution in [3.8, 4) is 0 Å². The first-order chi connectivity index (χ1) is 13.7. The first-order valence-corrected chi connectivity index (χ1v) is 9.31. The average Bonchev–Trinajstić information content (AvgIpc) is 3.50. The van der Waals surface area contributed by atoms with E-state index in [0.717, 1.165) is 23.4 Å². The highest BCUT2D eigenvalue weighted by Crippen LogP contribution is 2.34. The highest BCUT2D eigenvalue weighted by molar-refractivity contribution is 5.75. The lowest BCUT2D eigenvalue weighted by Gasteiger charge is -2.16. The SMILES string of the molecule is CCC1CN(C(=O)NCc2cocn2)CC1c1nnc2cnc3[nH]ccc3n12. The molecule has 2 atom stereocenters. The molecule has 4 aromatic heterocycles. The van der Waals surface area contributed by atoms with Crippen molar-refractivity contribution in [3.63, 3.8) is 0 Å². The number of oxazole rings is 1. The molecule has 1 aliphatic rings. The Labute approximate surface area is 160 Å². The Hall–Kier alpha value is -3.43. The van der Waals surface area contributed by atoms with Crippen molar-refractivity contribution in [1.29, 1.82) is 0 Å². The molecule has 10 nitrogen and oxygen atoms in total. The number of aromatic nitrogens is 6. The summed E-state index contributed by atoms with van der Waals surface area (Å²) in [6.45, 7) is 3.77. The number of likely N-dealkylation sites (tertiary alicyclic amines) is 1. The van der Waals surface area contributed by atoms with E-state index in [4.69, 9.17) is 4.42 Å². The summed E-state index contributed by atoms with van der Waals surface area (Å²) >= 11 is 0. The van der Waals surface area contributed by atoms with Gasteiger partial charge in [0.15, 0.2) is 17.7 Å². The van der Waals surface area contributed by atoms with Crippen molar-refractivity contribution in [1.82, 2.24) is 39.8 Å². The van der Waals surface area contributed by atoms with Crippen LogP contribution in [-0.2, 0) is 6.54 Å². The van der Waals surface area contributed by atoms with Gasteiger partial charge in [0.1, 0.15) is 12.1 Å². The van der Waals surface area contributed by atoms with Crippen LogP contribution in [0.15, 0.2) is 35.5 Å². The number of hydrogen-bond donors (Lipinski definition) is 2. The van der Waals surface area contributed by atoms with Crippen LogP contribution in [-0.4, -0.2) is 53.6 Å². The molecule has 10 heteroatoms. The first-order valence-electron chi connectivity index (χ1n) is 9.31. The van der Waals surface area contributed by atoms with Crippen molar-refractivity contribution in [2.24, 2.45) is 5.92 Å². The minimum atomic E-state index is -0.105. The van der Waals surface area contributed by atoms with Crippen LogP contribution in [0, 0.1) is 5.92 Å². The van der Waals surface area contributed by atoms with E-state index < -0.39 is 0 Å². The summed E-state index contributed by atoms with van der Waals surface area (Å²) in [7, 11) is 0. The van der Waals surface area contributed by atoms with Gasteiger partial charge in [-0.15, -0.1) is 10.2 Å². The number of aromatic amines is 1. The third-order valence-electron chi connectivity index (χ3n) is 5.46. The van der Waals surface area contributed by atoms with Crippen LogP contribution in [0.5, 0.6) is 0 Å². The number of fused-ring (bicyclic) bond motifs is 3. The molecule has 2 amide bonds. The van der Waals surface area contributed by atoms with Crippen molar-refractivity contribution in [2.75, 3.05) is 13.1 Å². The van der Waals surface area contributed by atoms with E-state index in [-0.39, 0.29) is 11.9 Å². The van der Waals surface area contributed by atoms with Gasteiger partial charge in [0.05, 0.1) is 24.0 Å². The van der Waals surface area contributed by atoms with Gasteiger partial charge >= 0.3 is 6.03 Å². The maximum atomic E-state index is 12.7. The molecule has 0 aliphatic carbocycles. The second-order valence-corrected chi connectivity index (χ2v) is 7.04. The van der Waals surface area contributed by atoms with Crippen molar-refractivity contribution >= 4 is 22.8 Å². The average molecular weight is 380 g/mol. The van der Waals surface area contributed by atoms with Crippen LogP contribution in [0.4, 0.5) is 4.79 Å². The minimum Gasteiger partial charge on any atom is -0.451 e. The molecule has 144 valence electrons. The van der Waals surface area contributed by atoms with Crippen LogP contribution in [0.25, 0.3) is 16.8 Å². The molecule has 0 bridgehead atoms. The van der Waals surface area contributed by atoms with Gasteiger partial charge in [-0.3, -0.25) is 4.40 Å². The molecule has 28 heavy (non-hydrogen) atoms. The molecule has 2 unspecified atom stereocenters. The maximum absolute atomic E-state index is 12.7. The summed E-state index contributed by atoms with van der Waals surface area (Å²) in [5, 5.41) is 11.7. The van der Waals surface area contributed by atoms with Crippen molar-refractivity contribution in [3.05, 3.63) is 42.6 Å². The highest BCUT2D eigenvalue weighted by atomic mass is 16.3. The van der Waals surface area contributed by atoms with E-state index in [1.54, 1.807) is 6.20 Å². The summed E-state index contributed by atoms with van der Waals surface area (Å²) in [5.41, 5.74) is 3.15. The van der Waals surface area contributed by atoms with Crippen LogP contribution in [0.2, 0.25) is 0 Å². The molecule has 0 saturated carbocycles. The number of nitrogens with one attached hydrogen (secondary N) is 2. The van der Waals surface area contributed by atoms with Gasteiger partial charge in [-0.1, -0.05) is 13.3 Å². The largest absolute Gasteiger partial charge is 0.451 e. The number of urea groups is 1.